The van der Waals surface area contributed by atoms with Gasteiger partial charge in [0, 0.05) is 11.1 Å². The number of aromatic nitrogens is 3. The third-order valence-electron chi connectivity index (χ3n) is 3.41. The summed E-state index contributed by atoms with van der Waals surface area (Å²) >= 11 is 7.36. The molecule has 0 aliphatic rings. The molecule has 1 amide bonds. The number of carbonyl (C=O) groups excluding carboxylic acids is 1. The number of pyridine rings is 1. The van der Waals surface area contributed by atoms with E-state index in [0.29, 0.717) is 32.7 Å². The van der Waals surface area contributed by atoms with E-state index < -0.39 is 0 Å². The number of hydrogen-bond donors (Lipinski definition) is 1. The molecule has 1 N–H and O–H groups in total. The van der Waals surface area contributed by atoms with Gasteiger partial charge in [-0.1, -0.05) is 53.7 Å². The molecule has 0 aliphatic heterocycles. The van der Waals surface area contributed by atoms with E-state index in [1.807, 2.05) is 32.9 Å². The molecule has 2 aromatic rings. The van der Waals surface area contributed by atoms with Crippen LogP contribution in [0.15, 0.2) is 47.1 Å². The van der Waals surface area contributed by atoms with Crippen LogP contribution < -0.4 is 10.1 Å². The normalized spacial score (nSPS) is 11.9. The number of nitrogens with one attached hydrogen (secondary N) is 1. The molecule has 8 heteroatoms. The molecule has 0 saturated carbocycles. The number of allylic oxidation sites excluding steroid dienone is 4. The van der Waals surface area contributed by atoms with Gasteiger partial charge in [0.25, 0.3) is 5.91 Å². The zero-order chi connectivity index (χ0) is 19.8. The minimum absolute atomic E-state index is 0.293. The molecule has 0 atom stereocenters. The molecule has 0 aliphatic carbocycles. The van der Waals surface area contributed by atoms with Gasteiger partial charge < -0.3 is 4.74 Å². The zero-order valence-corrected chi connectivity index (χ0v) is 17.2. The lowest BCUT2D eigenvalue weighted by atomic mass is 9.96. The number of ether oxygens (including phenoxy) is 1. The first-order valence-electron chi connectivity index (χ1n) is 8.29. The van der Waals surface area contributed by atoms with Gasteiger partial charge >= 0.3 is 0 Å². The highest BCUT2D eigenvalue weighted by Crippen LogP contribution is 2.32. The lowest BCUT2D eigenvalue weighted by Crippen LogP contribution is -2.15. The molecule has 6 nitrogen and oxygen atoms in total. The Labute approximate surface area is 167 Å². The van der Waals surface area contributed by atoms with E-state index in [9.17, 15) is 4.79 Å². The van der Waals surface area contributed by atoms with E-state index in [4.69, 9.17) is 16.3 Å². The summed E-state index contributed by atoms with van der Waals surface area (Å²) in [6.07, 6.45) is 7.96. The highest BCUT2D eigenvalue weighted by molar-refractivity contribution is 7.13. The molecule has 2 rings (SSSR count). The monoisotopic (exact) mass is 404 g/mol. The second kappa shape index (κ2) is 9.99. The van der Waals surface area contributed by atoms with E-state index in [1.165, 1.54) is 11.3 Å². The quantitative estimate of drug-likeness (QED) is 0.402. The molecule has 0 unspecified atom stereocenters. The molecule has 27 heavy (non-hydrogen) atoms. The summed E-state index contributed by atoms with van der Waals surface area (Å²) in [5.74, 6) is 0.233. The van der Waals surface area contributed by atoms with E-state index in [2.05, 4.69) is 20.5 Å². The second-order valence-corrected chi connectivity index (χ2v) is 6.99. The van der Waals surface area contributed by atoms with Gasteiger partial charge in [0.1, 0.15) is 16.4 Å². The zero-order valence-electron chi connectivity index (χ0n) is 15.6. The SMILES string of the molecule is CC/C=C/C(C(=O)Nc1nncs1)=C(\C=C(C)C)c1cc(Cl)ncc1OC. The van der Waals surface area contributed by atoms with Crippen molar-refractivity contribution >= 4 is 39.5 Å². The second-order valence-electron chi connectivity index (χ2n) is 5.76. The van der Waals surface area contributed by atoms with Crippen molar-refractivity contribution in [3.05, 3.63) is 57.9 Å². The number of amides is 1. The maximum atomic E-state index is 13.0. The minimum Gasteiger partial charge on any atom is -0.494 e. The maximum absolute atomic E-state index is 13.0. The summed E-state index contributed by atoms with van der Waals surface area (Å²) < 4.78 is 5.44. The lowest BCUT2D eigenvalue weighted by Gasteiger charge is -2.14. The Kier molecular flexibility index (Phi) is 7.69. The van der Waals surface area contributed by atoms with Gasteiger partial charge in [-0.2, -0.15) is 0 Å². The van der Waals surface area contributed by atoms with Crippen LogP contribution in [0.25, 0.3) is 5.57 Å². The molecule has 0 fully saturated rings. The number of halogens is 1. The van der Waals surface area contributed by atoms with Crippen molar-refractivity contribution in [1.82, 2.24) is 15.2 Å². The first-order chi connectivity index (χ1) is 13.0. The first-order valence-corrected chi connectivity index (χ1v) is 9.55. The maximum Gasteiger partial charge on any atom is 0.258 e. The van der Waals surface area contributed by atoms with E-state index in [0.717, 1.165) is 12.0 Å². The van der Waals surface area contributed by atoms with Crippen molar-refractivity contribution in [3.8, 4) is 5.75 Å². The Morgan fingerprint density at radius 1 is 1.41 bits per heavy atom. The van der Waals surface area contributed by atoms with Gasteiger partial charge in [0.05, 0.1) is 13.3 Å². The van der Waals surface area contributed by atoms with Crippen LogP contribution >= 0.6 is 22.9 Å². The Hall–Kier alpha value is -2.51. The summed E-state index contributed by atoms with van der Waals surface area (Å²) in [5.41, 5.74) is 4.41. The third-order valence-corrected chi connectivity index (χ3v) is 4.23. The predicted octanol–water partition coefficient (Wildman–Crippen LogP) is 4.92. The number of carbonyl (C=O) groups is 1. The van der Waals surface area contributed by atoms with Crippen LogP contribution in [0.5, 0.6) is 5.75 Å². The van der Waals surface area contributed by atoms with Crippen LogP contribution in [0.1, 0.15) is 32.8 Å². The summed E-state index contributed by atoms with van der Waals surface area (Å²) in [6, 6.07) is 1.69. The fourth-order valence-corrected chi connectivity index (χ4v) is 2.89. The van der Waals surface area contributed by atoms with Crippen molar-refractivity contribution in [1.29, 1.82) is 0 Å². The standard InChI is InChI=1S/C19H21ClN4O2S/c1-5-6-7-13(18(25)23-19-24-22-11-27-19)14(8-12(2)3)15-9-17(20)21-10-16(15)26-4/h6-11H,5H2,1-4H3,(H,23,24,25)/b7-6+,14-13-. The van der Waals surface area contributed by atoms with Gasteiger partial charge in [-0.25, -0.2) is 4.98 Å². The fourth-order valence-electron chi connectivity index (χ4n) is 2.30. The van der Waals surface area contributed by atoms with Crippen LogP contribution in [0.4, 0.5) is 5.13 Å². The highest BCUT2D eigenvalue weighted by atomic mass is 35.5. The van der Waals surface area contributed by atoms with E-state index >= 15 is 0 Å². The summed E-state index contributed by atoms with van der Waals surface area (Å²) in [7, 11) is 1.55. The van der Waals surface area contributed by atoms with Crippen LogP contribution in [0, 0.1) is 0 Å². The van der Waals surface area contributed by atoms with Crippen molar-refractivity contribution < 1.29 is 9.53 Å². The van der Waals surface area contributed by atoms with E-state index in [-0.39, 0.29) is 5.91 Å². The molecular formula is C19H21ClN4O2S. The van der Waals surface area contributed by atoms with Crippen LogP contribution in [0.2, 0.25) is 5.15 Å². The van der Waals surface area contributed by atoms with Crippen molar-refractivity contribution in [2.24, 2.45) is 0 Å². The molecule has 0 aromatic carbocycles. The minimum atomic E-state index is -0.293. The number of methoxy groups -OCH3 is 1. The lowest BCUT2D eigenvalue weighted by molar-refractivity contribution is -0.112. The molecule has 142 valence electrons. The molecule has 2 heterocycles. The molecule has 2 aromatic heterocycles. The Morgan fingerprint density at radius 2 is 2.19 bits per heavy atom. The highest BCUT2D eigenvalue weighted by Gasteiger charge is 2.18. The third kappa shape index (κ3) is 5.74. The number of hydrogen-bond acceptors (Lipinski definition) is 6. The average molecular weight is 405 g/mol. The van der Waals surface area contributed by atoms with Crippen molar-refractivity contribution in [3.63, 3.8) is 0 Å². The summed E-state index contributed by atoms with van der Waals surface area (Å²) in [4.78, 5) is 17.1. The molecular weight excluding hydrogens is 384 g/mol. The number of rotatable bonds is 7. The number of anilines is 1. The summed E-state index contributed by atoms with van der Waals surface area (Å²) in [5, 5.41) is 11.2. The topological polar surface area (TPSA) is 77.0 Å². The van der Waals surface area contributed by atoms with Crippen LogP contribution in [-0.2, 0) is 4.79 Å². The summed E-state index contributed by atoms with van der Waals surface area (Å²) in [6.45, 7) is 5.92. The average Bonchev–Trinajstić information content (AvgIpc) is 3.13. The van der Waals surface area contributed by atoms with E-state index in [1.54, 1.807) is 31.0 Å². The van der Waals surface area contributed by atoms with Crippen molar-refractivity contribution in [2.75, 3.05) is 12.4 Å². The van der Waals surface area contributed by atoms with Gasteiger partial charge in [-0.05, 0) is 31.9 Å². The van der Waals surface area contributed by atoms with Gasteiger partial charge in [-0.15, -0.1) is 10.2 Å². The van der Waals surface area contributed by atoms with Crippen LogP contribution in [-0.4, -0.2) is 28.2 Å². The molecule has 0 bridgehead atoms. The van der Waals surface area contributed by atoms with Gasteiger partial charge in [0.15, 0.2) is 0 Å². The largest absolute Gasteiger partial charge is 0.494 e. The predicted molar refractivity (Wildman–Crippen MR) is 110 cm³/mol. The van der Waals surface area contributed by atoms with Gasteiger partial charge in [-0.3, -0.25) is 10.1 Å². The molecule has 0 radical (unpaired) electrons. The van der Waals surface area contributed by atoms with Crippen molar-refractivity contribution in [2.45, 2.75) is 27.2 Å². The van der Waals surface area contributed by atoms with Gasteiger partial charge in [0.2, 0.25) is 5.13 Å². The Balaban J connectivity index is 2.69. The molecule has 0 saturated heterocycles. The smallest absolute Gasteiger partial charge is 0.258 e. The van der Waals surface area contributed by atoms with Crippen LogP contribution in [0.3, 0.4) is 0 Å². The first kappa shape index (κ1) is 20.8. The fraction of sp³-hybridized carbons (Fsp3) is 0.263. The Morgan fingerprint density at radius 3 is 2.78 bits per heavy atom. The Bertz CT molecular complexity index is 885. The molecule has 0 spiro atoms. The number of nitrogens with zero attached hydrogens (tertiary/aromatic N) is 3.